The molecule has 3 nitrogen and oxygen atoms in total. The Bertz CT molecular complexity index is 476. The summed E-state index contributed by atoms with van der Waals surface area (Å²) >= 11 is 5.97. The Balaban J connectivity index is 2.60. The highest BCUT2D eigenvalue weighted by Gasteiger charge is 2.08. The molecule has 0 atom stereocenters. The van der Waals surface area contributed by atoms with E-state index < -0.39 is 0 Å². The standard InChI is InChI=1S/C11H12ClN3/c1-15-5-4-14-11(15)10-6-9(12)3-2-8(10)7-13/h2-6H,7,13H2,1H3. The van der Waals surface area contributed by atoms with Gasteiger partial charge in [0.1, 0.15) is 5.82 Å². The van der Waals surface area contributed by atoms with Crippen LogP contribution in [0.5, 0.6) is 0 Å². The molecule has 2 rings (SSSR count). The third-order valence-corrected chi connectivity index (χ3v) is 2.59. The lowest BCUT2D eigenvalue weighted by Crippen LogP contribution is -2.01. The smallest absolute Gasteiger partial charge is 0.139 e. The van der Waals surface area contributed by atoms with Crippen LogP contribution in [-0.2, 0) is 13.6 Å². The molecule has 0 aliphatic carbocycles. The van der Waals surface area contributed by atoms with Gasteiger partial charge in [0.05, 0.1) is 0 Å². The van der Waals surface area contributed by atoms with Crippen molar-refractivity contribution in [3.05, 3.63) is 41.2 Å². The van der Waals surface area contributed by atoms with Gasteiger partial charge in [0, 0.05) is 36.6 Å². The molecule has 4 heteroatoms. The van der Waals surface area contributed by atoms with Gasteiger partial charge in [-0.3, -0.25) is 0 Å². The van der Waals surface area contributed by atoms with Gasteiger partial charge >= 0.3 is 0 Å². The second-order valence-electron chi connectivity index (χ2n) is 3.37. The number of hydrogen-bond donors (Lipinski definition) is 1. The van der Waals surface area contributed by atoms with Crippen molar-refractivity contribution >= 4 is 11.6 Å². The average Bonchev–Trinajstić information content (AvgIpc) is 2.64. The summed E-state index contributed by atoms with van der Waals surface area (Å²) in [6.07, 6.45) is 3.66. The van der Waals surface area contributed by atoms with Crippen LogP contribution in [0.2, 0.25) is 5.02 Å². The monoisotopic (exact) mass is 221 g/mol. The number of rotatable bonds is 2. The van der Waals surface area contributed by atoms with Crippen molar-refractivity contribution in [2.24, 2.45) is 12.8 Å². The second-order valence-corrected chi connectivity index (χ2v) is 3.80. The first kappa shape index (κ1) is 10.2. The van der Waals surface area contributed by atoms with Crippen LogP contribution >= 0.6 is 11.6 Å². The van der Waals surface area contributed by atoms with Crippen LogP contribution < -0.4 is 5.73 Å². The minimum atomic E-state index is 0.485. The van der Waals surface area contributed by atoms with Gasteiger partial charge in [-0.1, -0.05) is 17.7 Å². The molecule has 78 valence electrons. The van der Waals surface area contributed by atoms with E-state index >= 15 is 0 Å². The largest absolute Gasteiger partial charge is 0.334 e. The van der Waals surface area contributed by atoms with Crippen LogP contribution in [0.15, 0.2) is 30.6 Å². The van der Waals surface area contributed by atoms with E-state index in [1.165, 1.54) is 0 Å². The van der Waals surface area contributed by atoms with Crippen molar-refractivity contribution in [3.63, 3.8) is 0 Å². The molecule has 1 heterocycles. The van der Waals surface area contributed by atoms with Gasteiger partial charge in [0.2, 0.25) is 0 Å². The molecule has 0 aliphatic heterocycles. The van der Waals surface area contributed by atoms with Gasteiger partial charge < -0.3 is 10.3 Å². The summed E-state index contributed by atoms with van der Waals surface area (Å²) in [5.74, 6) is 0.887. The van der Waals surface area contributed by atoms with Crippen LogP contribution in [0.25, 0.3) is 11.4 Å². The highest BCUT2D eigenvalue weighted by Crippen LogP contribution is 2.25. The van der Waals surface area contributed by atoms with Crippen molar-refractivity contribution in [3.8, 4) is 11.4 Å². The van der Waals surface area contributed by atoms with E-state index in [9.17, 15) is 0 Å². The van der Waals surface area contributed by atoms with E-state index in [0.29, 0.717) is 11.6 Å². The van der Waals surface area contributed by atoms with Crippen molar-refractivity contribution in [1.29, 1.82) is 0 Å². The van der Waals surface area contributed by atoms with Gasteiger partial charge in [0.25, 0.3) is 0 Å². The molecule has 2 N–H and O–H groups in total. The van der Waals surface area contributed by atoms with E-state index in [1.54, 1.807) is 6.20 Å². The summed E-state index contributed by atoms with van der Waals surface area (Å²) < 4.78 is 1.95. The highest BCUT2D eigenvalue weighted by atomic mass is 35.5. The summed E-state index contributed by atoms with van der Waals surface area (Å²) in [5, 5.41) is 0.699. The summed E-state index contributed by atoms with van der Waals surface area (Å²) in [6, 6.07) is 5.68. The van der Waals surface area contributed by atoms with Gasteiger partial charge in [-0.05, 0) is 17.7 Å². The van der Waals surface area contributed by atoms with Crippen LogP contribution in [0.1, 0.15) is 5.56 Å². The lowest BCUT2D eigenvalue weighted by atomic mass is 10.1. The van der Waals surface area contributed by atoms with Gasteiger partial charge in [-0.25, -0.2) is 4.98 Å². The first-order valence-electron chi connectivity index (χ1n) is 4.68. The Kier molecular flexibility index (Phi) is 2.75. The maximum absolute atomic E-state index is 5.97. The molecular formula is C11H12ClN3. The highest BCUT2D eigenvalue weighted by molar-refractivity contribution is 6.30. The molecule has 2 aromatic rings. The van der Waals surface area contributed by atoms with E-state index in [-0.39, 0.29) is 0 Å². The first-order chi connectivity index (χ1) is 7.22. The topological polar surface area (TPSA) is 43.8 Å². The SMILES string of the molecule is Cn1ccnc1-c1cc(Cl)ccc1CN. The summed E-state index contributed by atoms with van der Waals surface area (Å²) in [5.41, 5.74) is 7.72. The zero-order valence-electron chi connectivity index (χ0n) is 8.44. The zero-order valence-corrected chi connectivity index (χ0v) is 9.20. The number of imidazole rings is 1. The van der Waals surface area contributed by atoms with Crippen LogP contribution in [0.3, 0.4) is 0 Å². The van der Waals surface area contributed by atoms with E-state index in [2.05, 4.69) is 4.98 Å². The Hall–Kier alpha value is -1.32. The third-order valence-electron chi connectivity index (χ3n) is 2.35. The lowest BCUT2D eigenvalue weighted by molar-refractivity contribution is 0.919. The van der Waals surface area contributed by atoms with Gasteiger partial charge in [0.15, 0.2) is 0 Å². The van der Waals surface area contributed by atoms with Gasteiger partial charge in [-0.15, -0.1) is 0 Å². The van der Waals surface area contributed by atoms with E-state index in [0.717, 1.165) is 17.0 Å². The number of hydrogen-bond acceptors (Lipinski definition) is 2. The van der Waals surface area contributed by atoms with E-state index in [1.807, 2.05) is 36.0 Å². The predicted octanol–water partition coefficient (Wildman–Crippen LogP) is 2.20. The molecule has 0 saturated carbocycles. The van der Waals surface area contributed by atoms with E-state index in [4.69, 9.17) is 17.3 Å². The molecule has 15 heavy (non-hydrogen) atoms. The Morgan fingerprint density at radius 3 is 2.87 bits per heavy atom. The third kappa shape index (κ3) is 1.89. The number of aromatic nitrogens is 2. The molecule has 0 spiro atoms. The second kappa shape index (κ2) is 4.04. The number of nitrogens with zero attached hydrogens (tertiary/aromatic N) is 2. The van der Waals surface area contributed by atoms with Gasteiger partial charge in [-0.2, -0.15) is 0 Å². The fraction of sp³-hybridized carbons (Fsp3) is 0.182. The molecule has 0 fully saturated rings. The molecule has 0 amide bonds. The molecular weight excluding hydrogens is 210 g/mol. The molecule has 0 unspecified atom stereocenters. The zero-order chi connectivity index (χ0) is 10.8. The first-order valence-corrected chi connectivity index (χ1v) is 5.06. The summed E-state index contributed by atoms with van der Waals surface area (Å²) in [7, 11) is 1.95. The van der Waals surface area contributed by atoms with Crippen molar-refractivity contribution in [2.45, 2.75) is 6.54 Å². The summed E-state index contributed by atoms with van der Waals surface area (Å²) in [6.45, 7) is 0.485. The number of aryl methyl sites for hydroxylation is 1. The minimum absolute atomic E-state index is 0.485. The van der Waals surface area contributed by atoms with Crippen LogP contribution in [0.4, 0.5) is 0 Å². The number of benzene rings is 1. The molecule has 1 aromatic carbocycles. The molecule has 0 saturated heterocycles. The number of nitrogens with two attached hydrogens (primary N) is 1. The Morgan fingerprint density at radius 2 is 2.27 bits per heavy atom. The predicted molar refractivity (Wildman–Crippen MR) is 61.5 cm³/mol. The van der Waals surface area contributed by atoms with Crippen molar-refractivity contribution in [2.75, 3.05) is 0 Å². The van der Waals surface area contributed by atoms with Crippen molar-refractivity contribution in [1.82, 2.24) is 9.55 Å². The van der Waals surface area contributed by atoms with Crippen molar-refractivity contribution < 1.29 is 0 Å². The number of halogens is 1. The minimum Gasteiger partial charge on any atom is -0.334 e. The fourth-order valence-corrected chi connectivity index (χ4v) is 1.73. The van der Waals surface area contributed by atoms with Crippen LogP contribution in [-0.4, -0.2) is 9.55 Å². The molecule has 0 radical (unpaired) electrons. The molecule has 0 aliphatic rings. The average molecular weight is 222 g/mol. The Labute approximate surface area is 93.5 Å². The normalized spacial score (nSPS) is 10.6. The molecule has 0 bridgehead atoms. The molecule has 1 aromatic heterocycles. The quantitative estimate of drug-likeness (QED) is 0.845. The fourth-order valence-electron chi connectivity index (χ4n) is 1.56. The summed E-state index contributed by atoms with van der Waals surface area (Å²) in [4.78, 5) is 4.28. The van der Waals surface area contributed by atoms with Crippen LogP contribution in [0, 0.1) is 0 Å². The lowest BCUT2D eigenvalue weighted by Gasteiger charge is -2.08. The maximum Gasteiger partial charge on any atom is 0.139 e. The maximum atomic E-state index is 5.97. The Morgan fingerprint density at radius 1 is 1.47 bits per heavy atom.